The Balaban J connectivity index is 1.53. The number of hydrogen-bond acceptors (Lipinski definition) is 7. The number of hydrogen-bond donors (Lipinski definition) is 4. The number of aromatic nitrogens is 3. The summed E-state index contributed by atoms with van der Waals surface area (Å²) in [5.41, 5.74) is 4.16. The van der Waals surface area contributed by atoms with E-state index in [1.54, 1.807) is 24.3 Å². The number of aromatic amines is 1. The van der Waals surface area contributed by atoms with Crippen LogP contribution in [0.3, 0.4) is 0 Å². The summed E-state index contributed by atoms with van der Waals surface area (Å²) in [7, 11) is -4.09. The number of carbonyl (C=O) groups is 3. The predicted octanol–water partition coefficient (Wildman–Crippen LogP) is 3.66. The number of rotatable bonds is 13. The first-order valence-corrected chi connectivity index (χ1v) is 15.2. The van der Waals surface area contributed by atoms with Gasteiger partial charge in [0.25, 0.3) is 15.9 Å². The Bertz CT molecular complexity index is 1700. The molecule has 1 atom stereocenters. The van der Waals surface area contributed by atoms with E-state index in [-0.39, 0.29) is 11.3 Å². The zero-order valence-corrected chi connectivity index (χ0v) is 24.6. The van der Waals surface area contributed by atoms with Crippen LogP contribution >= 0.6 is 0 Å². The molecule has 2 amide bonds. The van der Waals surface area contributed by atoms with Gasteiger partial charge in [0.05, 0.1) is 28.9 Å². The zero-order valence-electron chi connectivity index (χ0n) is 23.8. The number of sulfonamides is 1. The SMILES string of the molecule is CCCc1cc(C(=O)NC(CC(=O)O)Cc2ccccc2)[nH]c1Cc1cnc(-c2ccccc2S(=O)(=O)NC(C)=O)cn1. The van der Waals surface area contributed by atoms with E-state index in [9.17, 15) is 27.9 Å². The van der Waals surface area contributed by atoms with E-state index in [0.717, 1.165) is 30.2 Å². The fraction of sp³-hybridized carbons (Fsp3) is 0.258. The molecule has 0 radical (unpaired) electrons. The minimum Gasteiger partial charge on any atom is -0.481 e. The third-order valence-electron chi connectivity index (χ3n) is 6.63. The fourth-order valence-corrected chi connectivity index (χ4v) is 5.99. The monoisotopic (exact) mass is 603 g/mol. The van der Waals surface area contributed by atoms with Crippen LogP contribution in [0.15, 0.2) is 78.0 Å². The molecule has 4 aromatic rings. The first kappa shape index (κ1) is 31.1. The molecule has 0 saturated heterocycles. The number of aryl methyl sites for hydroxylation is 1. The third-order valence-corrected chi connectivity index (χ3v) is 8.12. The predicted molar refractivity (Wildman–Crippen MR) is 160 cm³/mol. The van der Waals surface area contributed by atoms with Crippen LogP contribution in [0.4, 0.5) is 0 Å². The number of carboxylic acids is 1. The van der Waals surface area contributed by atoms with Gasteiger partial charge in [-0.05, 0) is 36.1 Å². The van der Waals surface area contributed by atoms with E-state index in [0.29, 0.717) is 41.9 Å². The second-order valence-corrected chi connectivity index (χ2v) is 11.8. The van der Waals surface area contributed by atoms with Crippen LogP contribution in [0.2, 0.25) is 0 Å². The van der Waals surface area contributed by atoms with E-state index in [4.69, 9.17) is 0 Å². The summed E-state index contributed by atoms with van der Waals surface area (Å²) in [6.07, 6.45) is 5.06. The highest BCUT2D eigenvalue weighted by atomic mass is 32.2. The molecule has 0 fully saturated rings. The van der Waals surface area contributed by atoms with Gasteiger partial charge in [-0.2, -0.15) is 0 Å². The summed E-state index contributed by atoms with van der Waals surface area (Å²) in [5.74, 6) is -2.10. The van der Waals surface area contributed by atoms with E-state index in [2.05, 4.69) is 20.3 Å². The van der Waals surface area contributed by atoms with Gasteiger partial charge in [-0.3, -0.25) is 24.4 Å². The summed E-state index contributed by atoms with van der Waals surface area (Å²) < 4.78 is 27.3. The summed E-state index contributed by atoms with van der Waals surface area (Å²) in [6, 6.07) is 16.8. The summed E-state index contributed by atoms with van der Waals surface area (Å²) in [5, 5.41) is 12.3. The molecule has 2 aromatic carbocycles. The van der Waals surface area contributed by atoms with Crippen LogP contribution in [-0.2, 0) is 38.9 Å². The zero-order chi connectivity index (χ0) is 31.0. The lowest BCUT2D eigenvalue weighted by Gasteiger charge is -2.16. The lowest BCUT2D eigenvalue weighted by molar-refractivity contribution is -0.137. The van der Waals surface area contributed by atoms with Crippen molar-refractivity contribution in [3.8, 4) is 11.3 Å². The number of H-pyrrole nitrogens is 1. The van der Waals surface area contributed by atoms with E-state index < -0.39 is 33.8 Å². The molecule has 11 nitrogen and oxygen atoms in total. The Morgan fingerprint density at radius 3 is 2.37 bits per heavy atom. The van der Waals surface area contributed by atoms with Crippen molar-refractivity contribution in [2.75, 3.05) is 0 Å². The average molecular weight is 604 g/mol. The molecular weight excluding hydrogens is 570 g/mol. The van der Waals surface area contributed by atoms with Crippen molar-refractivity contribution in [3.05, 3.63) is 101 Å². The molecule has 2 heterocycles. The van der Waals surface area contributed by atoms with Crippen molar-refractivity contribution < 1.29 is 27.9 Å². The van der Waals surface area contributed by atoms with Gasteiger partial charge in [-0.15, -0.1) is 0 Å². The first-order chi connectivity index (χ1) is 20.6. The van der Waals surface area contributed by atoms with Crippen molar-refractivity contribution >= 4 is 27.8 Å². The van der Waals surface area contributed by atoms with Crippen molar-refractivity contribution in [1.82, 2.24) is 25.0 Å². The second-order valence-electron chi connectivity index (χ2n) is 10.1. The standard InChI is InChI=1S/C31H33N5O6S/c1-3-9-22-15-27(31(40)34-23(17-30(38)39)14-21-10-5-4-6-11-21)35-26(22)16-24-18-33-28(19-32-24)25-12-7-8-13-29(25)43(41,42)36-20(2)37/h4-8,10-13,15,18-19,23,35H,3,9,14,16-17H2,1-2H3,(H,34,40)(H,36,37)(H,38,39). The van der Waals surface area contributed by atoms with Gasteiger partial charge >= 0.3 is 5.97 Å². The number of aliphatic carboxylic acids is 1. The number of carbonyl (C=O) groups excluding carboxylic acids is 2. The van der Waals surface area contributed by atoms with Gasteiger partial charge in [-0.25, -0.2) is 13.1 Å². The topological polar surface area (TPSA) is 171 Å². The highest BCUT2D eigenvalue weighted by molar-refractivity contribution is 7.90. The smallest absolute Gasteiger partial charge is 0.305 e. The molecule has 1 unspecified atom stereocenters. The molecule has 2 aromatic heterocycles. The van der Waals surface area contributed by atoms with E-state index >= 15 is 0 Å². The van der Waals surface area contributed by atoms with Gasteiger partial charge in [0.2, 0.25) is 5.91 Å². The molecule has 43 heavy (non-hydrogen) atoms. The maximum absolute atomic E-state index is 13.2. The van der Waals surface area contributed by atoms with Crippen molar-refractivity contribution in [2.24, 2.45) is 0 Å². The molecule has 0 bridgehead atoms. The average Bonchev–Trinajstić information content (AvgIpc) is 3.35. The quantitative estimate of drug-likeness (QED) is 0.179. The molecule has 4 rings (SSSR count). The second kappa shape index (κ2) is 13.9. The largest absolute Gasteiger partial charge is 0.481 e. The van der Waals surface area contributed by atoms with Gasteiger partial charge in [0.15, 0.2) is 0 Å². The van der Waals surface area contributed by atoms with Gasteiger partial charge in [0.1, 0.15) is 5.69 Å². The highest BCUT2D eigenvalue weighted by Gasteiger charge is 2.22. The number of nitrogens with one attached hydrogen (secondary N) is 3. The van der Waals surface area contributed by atoms with Crippen molar-refractivity contribution in [2.45, 2.75) is 56.9 Å². The molecule has 0 aliphatic heterocycles. The Kier molecular flexibility index (Phi) is 10.0. The number of carboxylic acid groups (broad SMARTS) is 1. The molecule has 0 aliphatic carbocycles. The van der Waals surface area contributed by atoms with Gasteiger partial charge < -0.3 is 15.4 Å². The Morgan fingerprint density at radius 2 is 1.72 bits per heavy atom. The maximum Gasteiger partial charge on any atom is 0.305 e. The maximum atomic E-state index is 13.2. The first-order valence-electron chi connectivity index (χ1n) is 13.8. The fourth-order valence-electron chi connectivity index (χ4n) is 4.78. The minimum atomic E-state index is -4.09. The van der Waals surface area contributed by atoms with Crippen LogP contribution < -0.4 is 10.0 Å². The summed E-state index contributed by atoms with van der Waals surface area (Å²) >= 11 is 0. The summed E-state index contributed by atoms with van der Waals surface area (Å²) in [4.78, 5) is 48.1. The molecule has 0 spiro atoms. The normalized spacial score (nSPS) is 12.0. The van der Waals surface area contributed by atoms with Crippen LogP contribution in [0.25, 0.3) is 11.3 Å². The van der Waals surface area contributed by atoms with Crippen LogP contribution in [-0.4, -0.2) is 52.3 Å². The molecule has 224 valence electrons. The lowest BCUT2D eigenvalue weighted by Crippen LogP contribution is -2.38. The molecule has 0 saturated carbocycles. The van der Waals surface area contributed by atoms with Crippen LogP contribution in [0.1, 0.15) is 59.7 Å². The minimum absolute atomic E-state index is 0.0917. The third kappa shape index (κ3) is 8.35. The lowest BCUT2D eigenvalue weighted by atomic mass is 10.0. The van der Waals surface area contributed by atoms with E-state index in [1.165, 1.54) is 18.5 Å². The molecular formula is C31H33N5O6S. The van der Waals surface area contributed by atoms with Crippen LogP contribution in [0.5, 0.6) is 0 Å². The number of nitrogens with zero attached hydrogens (tertiary/aromatic N) is 2. The molecule has 4 N–H and O–H groups in total. The Hall–Kier alpha value is -4.84. The Labute approximate surface area is 249 Å². The Morgan fingerprint density at radius 1 is 1.00 bits per heavy atom. The molecule has 0 aliphatic rings. The van der Waals surface area contributed by atoms with E-state index in [1.807, 2.05) is 42.0 Å². The summed E-state index contributed by atoms with van der Waals surface area (Å²) in [6.45, 7) is 3.15. The van der Waals surface area contributed by atoms with Crippen LogP contribution in [0, 0.1) is 0 Å². The van der Waals surface area contributed by atoms with Crippen molar-refractivity contribution in [3.63, 3.8) is 0 Å². The number of benzene rings is 2. The number of amides is 2. The van der Waals surface area contributed by atoms with Gasteiger partial charge in [-0.1, -0.05) is 61.9 Å². The molecule has 12 heteroatoms. The van der Waals surface area contributed by atoms with Gasteiger partial charge in [0, 0.05) is 36.8 Å². The van der Waals surface area contributed by atoms with Crippen molar-refractivity contribution in [1.29, 1.82) is 0 Å². The highest BCUT2D eigenvalue weighted by Crippen LogP contribution is 2.26.